The molecule has 3 rings (SSSR count). The van der Waals surface area contributed by atoms with E-state index in [1.807, 2.05) is 25.1 Å². The minimum absolute atomic E-state index is 0.291. The SMILES string of the molecule is Cc1ccc(-c2[nH]nc(N)c2-c2ccc(F)cc2)cc1Cl. The van der Waals surface area contributed by atoms with Crippen molar-refractivity contribution in [2.45, 2.75) is 6.92 Å². The maximum Gasteiger partial charge on any atom is 0.153 e. The smallest absolute Gasteiger partial charge is 0.153 e. The molecular weight excluding hydrogens is 289 g/mol. The first-order valence-corrected chi connectivity index (χ1v) is 6.80. The number of hydrogen-bond acceptors (Lipinski definition) is 2. The molecule has 3 aromatic rings. The van der Waals surface area contributed by atoms with Crippen molar-refractivity contribution < 1.29 is 4.39 Å². The van der Waals surface area contributed by atoms with Crippen molar-refractivity contribution in [1.82, 2.24) is 10.2 Å². The van der Waals surface area contributed by atoms with Crippen molar-refractivity contribution in [3.05, 3.63) is 58.9 Å². The van der Waals surface area contributed by atoms with Gasteiger partial charge in [0.25, 0.3) is 0 Å². The minimum atomic E-state index is -0.291. The highest BCUT2D eigenvalue weighted by molar-refractivity contribution is 6.31. The topological polar surface area (TPSA) is 54.7 Å². The third-order valence-electron chi connectivity index (χ3n) is 3.39. The zero-order valence-corrected chi connectivity index (χ0v) is 12.1. The minimum Gasteiger partial charge on any atom is -0.382 e. The van der Waals surface area contributed by atoms with E-state index >= 15 is 0 Å². The van der Waals surface area contributed by atoms with E-state index in [4.69, 9.17) is 17.3 Å². The first-order valence-electron chi connectivity index (χ1n) is 6.42. The molecule has 0 spiro atoms. The Morgan fingerprint density at radius 1 is 1.10 bits per heavy atom. The van der Waals surface area contributed by atoms with E-state index in [1.54, 1.807) is 12.1 Å². The lowest BCUT2D eigenvalue weighted by Crippen LogP contribution is -1.89. The highest BCUT2D eigenvalue weighted by Crippen LogP contribution is 2.35. The number of H-pyrrole nitrogens is 1. The van der Waals surface area contributed by atoms with Crippen LogP contribution in [-0.4, -0.2) is 10.2 Å². The largest absolute Gasteiger partial charge is 0.382 e. The van der Waals surface area contributed by atoms with Gasteiger partial charge in [-0.2, -0.15) is 5.10 Å². The summed E-state index contributed by atoms with van der Waals surface area (Å²) in [6, 6.07) is 11.9. The molecule has 0 amide bonds. The van der Waals surface area contributed by atoms with Crippen LogP contribution in [0.25, 0.3) is 22.4 Å². The van der Waals surface area contributed by atoms with E-state index in [0.717, 1.165) is 27.9 Å². The van der Waals surface area contributed by atoms with Gasteiger partial charge in [-0.25, -0.2) is 4.39 Å². The molecule has 3 N–H and O–H groups in total. The van der Waals surface area contributed by atoms with Crippen LogP contribution < -0.4 is 5.73 Å². The number of nitrogens with one attached hydrogen (secondary N) is 1. The van der Waals surface area contributed by atoms with Crippen molar-refractivity contribution in [2.75, 3.05) is 5.73 Å². The number of aryl methyl sites for hydroxylation is 1. The second-order valence-electron chi connectivity index (χ2n) is 4.83. The fourth-order valence-corrected chi connectivity index (χ4v) is 2.40. The van der Waals surface area contributed by atoms with Crippen LogP contribution in [0.4, 0.5) is 10.2 Å². The van der Waals surface area contributed by atoms with Gasteiger partial charge in [0.05, 0.1) is 11.3 Å². The van der Waals surface area contributed by atoms with Gasteiger partial charge in [0.1, 0.15) is 5.82 Å². The highest BCUT2D eigenvalue weighted by Gasteiger charge is 2.15. The molecule has 0 aliphatic heterocycles. The van der Waals surface area contributed by atoms with Crippen molar-refractivity contribution in [1.29, 1.82) is 0 Å². The van der Waals surface area contributed by atoms with Gasteiger partial charge >= 0.3 is 0 Å². The molecule has 0 aliphatic carbocycles. The zero-order valence-electron chi connectivity index (χ0n) is 11.3. The van der Waals surface area contributed by atoms with Gasteiger partial charge in [0, 0.05) is 10.6 Å². The van der Waals surface area contributed by atoms with Crippen LogP contribution in [0.2, 0.25) is 5.02 Å². The molecule has 106 valence electrons. The third kappa shape index (κ3) is 2.50. The van der Waals surface area contributed by atoms with E-state index in [-0.39, 0.29) is 5.82 Å². The molecule has 0 saturated carbocycles. The molecule has 1 aromatic heterocycles. The molecule has 0 atom stereocenters. The van der Waals surface area contributed by atoms with Crippen LogP contribution in [-0.2, 0) is 0 Å². The summed E-state index contributed by atoms with van der Waals surface area (Å²) in [5.41, 5.74) is 10.1. The molecule has 0 fully saturated rings. The number of aromatic nitrogens is 2. The monoisotopic (exact) mass is 301 g/mol. The summed E-state index contributed by atoms with van der Waals surface area (Å²) >= 11 is 6.17. The molecule has 0 saturated heterocycles. The van der Waals surface area contributed by atoms with E-state index in [1.165, 1.54) is 12.1 Å². The Morgan fingerprint density at radius 2 is 1.76 bits per heavy atom. The normalized spacial score (nSPS) is 10.8. The average molecular weight is 302 g/mol. The second-order valence-corrected chi connectivity index (χ2v) is 5.24. The van der Waals surface area contributed by atoms with Crippen molar-refractivity contribution in [3.63, 3.8) is 0 Å². The Labute approximate surface area is 126 Å². The van der Waals surface area contributed by atoms with Gasteiger partial charge in [-0.1, -0.05) is 35.9 Å². The number of nitrogens with zero attached hydrogens (tertiary/aromatic N) is 1. The molecule has 3 nitrogen and oxygen atoms in total. The number of rotatable bonds is 2. The lowest BCUT2D eigenvalue weighted by atomic mass is 10.00. The maximum absolute atomic E-state index is 13.1. The summed E-state index contributed by atoms with van der Waals surface area (Å²) in [5.74, 6) is 0.0778. The molecule has 5 heteroatoms. The molecular formula is C16H13ClFN3. The number of hydrogen-bond donors (Lipinski definition) is 2. The summed E-state index contributed by atoms with van der Waals surface area (Å²) in [7, 11) is 0. The third-order valence-corrected chi connectivity index (χ3v) is 3.79. The first-order chi connectivity index (χ1) is 10.1. The summed E-state index contributed by atoms with van der Waals surface area (Å²) in [6.45, 7) is 1.94. The van der Waals surface area contributed by atoms with Gasteiger partial charge in [-0.05, 0) is 36.2 Å². The Kier molecular flexibility index (Phi) is 3.39. The molecule has 1 heterocycles. The van der Waals surface area contributed by atoms with Crippen LogP contribution in [0.5, 0.6) is 0 Å². The van der Waals surface area contributed by atoms with Crippen LogP contribution in [0.3, 0.4) is 0 Å². The Hall–Kier alpha value is -2.33. The zero-order chi connectivity index (χ0) is 15.0. The van der Waals surface area contributed by atoms with Gasteiger partial charge in [-0.3, -0.25) is 5.10 Å². The average Bonchev–Trinajstić information content (AvgIpc) is 2.85. The Balaban J connectivity index is 2.16. The molecule has 0 radical (unpaired) electrons. The summed E-state index contributed by atoms with van der Waals surface area (Å²) < 4.78 is 13.1. The predicted molar refractivity (Wildman–Crippen MR) is 83.6 cm³/mol. The van der Waals surface area contributed by atoms with Crippen LogP contribution in [0.15, 0.2) is 42.5 Å². The van der Waals surface area contributed by atoms with Crippen LogP contribution in [0.1, 0.15) is 5.56 Å². The van der Waals surface area contributed by atoms with Crippen LogP contribution in [0, 0.1) is 12.7 Å². The molecule has 0 bridgehead atoms. The van der Waals surface area contributed by atoms with E-state index in [0.29, 0.717) is 10.8 Å². The lowest BCUT2D eigenvalue weighted by Gasteiger charge is -2.06. The van der Waals surface area contributed by atoms with Gasteiger partial charge < -0.3 is 5.73 Å². The second kappa shape index (κ2) is 5.22. The quantitative estimate of drug-likeness (QED) is 0.736. The fraction of sp³-hybridized carbons (Fsp3) is 0.0625. The van der Waals surface area contributed by atoms with E-state index in [9.17, 15) is 4.39 Å². The molecule has 0 aliphatic rings. The predicted octanol–water partition coefficient (Wildman–Crippen LogP) is 4.43. The highest BCUT2D eigenvalue weighted by atomic mass is 35.5. The first kappa shape index (κ1) is 13.6. The van der Waals surface area contributed by atoms with Crippen LogP contribution >= 0.6 is 11.6 Å². The van der Waals surface area contributed by atoms with E-state index in [2.05, 4.69) is 10.2 Å². The number of halogens is 2. The summed E-state index contributed by atoms with van der Waals surface area (Å²) in [4.78, 5) is 0. The number of aromatic amines is 1. The van der Waals surface area contributed by atoms with Crippen molar-refractivity contribution in [3.8, 4) is 22.4 Å². The lowest BCUT2D eigenvalue weighted by molar-refractivity contribution is 0.628. The number of nitrogen functional groups attached to an aromatic ring is 1. The standard InChI is InChI=1S/C16H13ClFN3/c1-9-2-3-11(8-13(9)17)15-14(16(19)21-20-15)10-4-6-12(18)7-5-10/h2-8H,1H3,(H3,19,20,21). The molecule has 21 heavy (non-hydrogen) atoms. The maximum atomic E-state index is 13.1. The number of nitrogens with two attached hydrogens (primary N) is 1. The van der Waals surface area contributed by atoms with Gasteiger partial charge in [0.2, 0.25) is 0 Å². The Bertz CT molecular complexity index is 794. The summed E-state index contributed by atoms with van der Waals surface area (Å²) in [5, 5.41) is 7.65. The number of anilines is 1. The Morgan fingerprint density at radius 3 is 2.43 bits per heavy atom. The van der Waals surface area contributed by atoms with E-state index < -0.39 is 0 Å². The summed E-state index contributed by atoms with van der Waals surface area (Å²) in [6.07, 6.45) is 0. The van der Waals surface area contributed by atoms with Gasteiger partial charge in [-0.15, -0.1) is 0 Å². The number of benzene rings is 2. The van der Waals surface area contributed by atoms with Crippen molar-refractivity contribution in [2.24, 2.45) is 0 Å². The van der Waals surface area contributed by atoms with Gasteiger partial charge in [0.15, 0.2) is 5.82 Å². The molecule has 0 unspecified atom stereocenters. The molecule has 2 aromatic carbocycles. The fourth-order valence-electron chi connectivity index (χ4n) is 2.22. The van der Waals surface area contributed by atoms with Crippen molar-refractivity contribution >= 4 is 17.4 Å².